The molecule has 0 spiro atoms. The number of carbonyl (C=O) groups excluding carboxylic acids is 1. The largest absolute Gasteiger partial charge is 0.494 e. The lowest BCUT2D eigenvalue weighted by atomic mass is 10.2. The van der Waals surface area contributed by atoms with E-state index in [9.17, 15) is 4.79 Å². The molecule has 0 fully saturated rings. The lowest BCUT2D eigenvalue weighted by molar-refractivity contribution is -0.114. The fourth-order valence-corrected chi connectivity index (χ4v) is 2.19. The Balaban J connectivity index is 2.07. The standard InChI is InChI=1S/C14H15IN2O3/c1-9(18)17-12-5-3-10(7-13(12)19-2)16-8-11-4-6-14(15)20-11/h3-7,16H,8H2,1-2H3,(H,17,18). The number of ether oxygens (including phenoxy) is 1. The maximum absolute atomic E-state index is 11.1. The topological polar surface area (TPSA) is 63.5 Å². The van der Waals surface area contributed by atoms with Crippen LogP contribution in [0.5, 0.6) is 5.75 Å². The van der Waals surface area contributed by atoms with Crippen LogP contribution in [0.3, 0.4) is 0 Å². The number of anilines is 2. The quantitative estimate of drug-likeness (QED) is 0.773. The average Bonchev–Trinajstić information content (AvgIpc) is 2.83. The van der Waals surface area contributed by atoms with Crippen molar-refractivity contribution in [1.82, 2.24) is 0 Å². The molecule has 0 unspecified atom stereocenters. The minimum Gasteiger partial charge on any atom is -0.494 e. The molecule has 106 valence electrons. The van der Waals surface area contributed by atoms with E-state index in [1.54, 1.807) is 13.2 Å². The zero-order valence-electron chi connectivity index (χ0n) is 11.2. The molecule has 5 nitrogen and oxygen atoms in total. The van der Waals surface area contributed by atoms with Crippen molar-refractivity contribution in [3.8, 4) is 5.75 Å². The maximum atomic E-state index is 11.1. The SMILES string of the molecule is COc1cc(NCc2ccc(I)o2)ccc1NC(C)=O. The Morgan fingerprint density at radius 1 is 1.35 bits per heavy atom. The molecule has 0 aliphatic heterocycles. The number of hydrogen-bond donors (Lipinski definition) is 2. The Morgan fingerprint density at radius 2 is 2.15 bits per heavy atom. The summed E-state index contributed by atoms with van der Waals surface area (Å²) in [7, 11) is 1.57. The van der Waals surface area contributed by atoms with Gasteiger partial charge in [0.15, 0.2) is 3.77 Å². The molecule has 0 saturated carbocycles. The van der Waals surface area contributed by atoms with E-state index < -0.39 is 0 Å². The van der Waals surface area contributed by atoms with E-state index in [2.05, 4.69) is 33.2 Å². The van der Waals surface area contributed by atoms with Crippen molar-refractivity contribution in [3.63, 3.8) is 0 Å². The summed E-state index contributed by atoms with van der Waals surface area (Å²) in [4.78, 5) is 11.1. The zero-order valence-corrected chi connectivity index (χ0v) is 13.4. The molecule has 20 heavy (non-hydrogen) atoms. The first kappa shape index (κ1) is 14.7. The first-order valence-corrected chi connectivity index (χ1v) is 7.10. The van der Waals surface area contributed by atoms with Gasteiger partial charge in [0.05, 0.1) is 19.3 Å². The molecule has 0 saturated heterocycles. The van der Waals surface area contributed by atoms with Gasteiger partial charge in [-0.2, -0.15) is 0 Å². The minimum atomic E-state index is -0.130. The van der Waals surface area contributed by atoms with Crippen LogP contribution in [0, 0.1) is 3.77 Å². The van der Waals surface area contributed by atoms with Crippen molar-refractivity contribution in [3.05, 3.63) is 39.9 Å². The molecule has 1 aromatic heterocycles. The Hall–Kier alpha value is -1.70. The third kappa shape index (κ3) is 3.89. The van der Waals surface area contributed by atoms with Crippen LogP contribution in [0.2, 0.25) is 0 Å². The summed E-state index contributed by atoms with van der Waals surface area (Å²) in [5.41, 5.74) is 1.54. The number of carbonyl (C=O) groups is 1. The van der Waals surface area contributed by atoms with Crippen molar-refractivity contribution in [2.24, 2.45) is 0 Å². The van der Waals surface area contributed by atoms with E-state index in [4.69, 9.17) is 9.15 Å². The highest BCUT2D eigenvalue weighted by Crippen LogP contribution is 2.28. The fourth-order valence-electron chi connectivity index (χ4n) is 1.73. The monoisotopic (exact) mass is 386 g/mol. The molecule has 1 heterocycles. The van der Waals surface area contributed by atoms with Crippen LogP contribution < -0.4 is 15.4 Å². The van der Waals surface area contributed by atoms with Gasteiger partial charge in [-0.1, -0.05) is 0 Å². The predicted molar refractivity (Wildman–Crippen MR) is 86.0 cm³/mol. The summed E-state index contributed by atoms with van der Waals surface area (Å²) < 4.78 is 11.6. The van der Waals surface area contributed by atoms with Gasteiger partial charge in [0, 0.05) is 18.7 Å². The lowest BCUT2D eigenvalue weighted by Gasteiger charge is -2.11. The van der Waals surface area contributed by atoms with Gasteiger partial charge in [0.1, 0.15) is 11.5 Å². The molecule has 0 atom stereocenters. The van der Waals surface area contributed by atoms with Crippen molar-refractivity contribution >= 4 is 39.9 Å². The molecule has 0 aliphatic rings. The molecule has 0 radical (unpaired) electrons. The fraction of sp³-hybridized carbons (Fsp3) is 0.214. The lowest BCUT2D eigenvalue weighted by Crippen LogP contribution is -2.07. The van der Waals surface area contributed by atoms with Crippen molar-refractivity contribution in [2.45, 2.75) is 13.5 Å². The van der Waals surface area contributed by atoms with E-state index >= 15 is 0 Å². The van der Waals surface area contributed by atoms with Gasteiger partial charge in [-0.25, -0.2) is 0 Å². The number of nitrogens with one attached hydrogen (secondary N) is 2. The first-order chi connectivity index (χ1) is 9.58. The summed E-state index contributed by atoms with van der Waals surface area (Å²) in [6.45, 7) is 2.05. The number of methoxy groups -OCH3 is 1. The first-order valence-electron chi connectivity index (χ1n) is 6.02. The number of furan rings is 1. The molecule has 1 amide bonds. The van der Waals surface area contributed by atoms with Gasteiger partial charge < -0.3 is 19.8 Å². The molecule has 2 N–H and O–H groups in total. The van der Waals surface area contributed by atoms with Crippen LogP contribution in [0.1, 0.15) is 12.7 Å². The van der Waals surface area contributed by atoms with Gasteiger partial charge in [-0.05, 0) is 46.9 Å². The molecule has 0 bridgehead atoms. The van der Waals surface area contributed by atoms with Crippen LogP contribution in [0.4, 0.5) is 11.4 Å². The summed E-state index contributed by atoms with van der Waals surface area (Å²) in [5.74, 6) is 1.34. The highest BCUT2D eigenvalue weighted by molar-refractivity contribution is 14.1. The Bertz CT molecular complexity index is 610. The van der Waals surface area contributed by atoms with Crippen LogP contribution in [-0.4, -0.2) is 13.0 Å². The van der Waals surface area contributed by atoms with E-state index in [1.165, 1.54) is 6.92 Å². The molecular weight excluding hydrogens is 371 g/mol. The third-order valence-corrected chi connectivity index (χ3v) is 3.19. The summed E-state index contributed by atoms with van der Waals surface area (Å²) >= 11 is 2.13. The van der Waals surface area contributed by atoms with Gasteiger partial charge in [-0.3, -0.25) is 4.79 Å². The molecule has 2 rings (SSSR count). The van der Waals surface area contributed by atoms with Gasteiger partial charge in [0.2, 0.25) is 5.91 Å². The second-order valence-corrected chi connectivity index (χ2v) is 5.22. The number of amides is 1. The van der Waals surface area contributed by atoms with Crippen molar-refractivity contribution in [2.75, 3.05) is 17.7 Å². The molecule has 1 aromatic carbocycles. The van der Waals surface area contributed by atoms with Gasteiger partial charge in [0.25, 0.3) is 0 Å². The summed E-state index contributed by atoms with van der Waals surface area (Å²) in [5, 5.41) is 5.96. The van der Waals surface area contributed by atoms with Gasteiger partial charge in [-0.15, -0.1) is 0 Å². The highest BCUT2D eigenvalue weighted by atomic mass is 127. The minimum absolute atomic E-state index is 0.130. The maximum Gasteiger partial charge on any atom is 0.221 e. The second kappa shape index (κ2) is 6.65. The third-order valence-electron chi connectivity index (χ3n) is 2.61. The number of rotatable bonds is 5. The van der Waals surface area contributed by atoms with E-state index in [0.29, 0.717) is 18.0 Å². The normalized spacial score (nSPS) is 10.2. The number of halogens is 1. The van der Waals surface area contributed by atoms with E-state index in [0.717, 1.165) is 15.2 Å². The predicted octanol–water partition coefficient (Wildman–Crippen LogP) is 3.46. The van der Waals surface area contributed by atoms with E-state index in [1.807, 2.05) is 24.3 Å². The second-order valence-electron chi connectivity index (χ2n) is 4.16. The molecule has 0 aliphatic carbocycles. The Kier molecular flexibility index (Phi) is 4.89. The average molecular weight is 386 g/mol. The van der Waals surface area contributed by atoms with Crippen LogP contribution in [0.25, 0.3) is 0 Å². The summed E-state index contributed by atoms with van der Waals surface area (Å²) in [6, 6.07) is 9.35. The summed E-state index contributed by atoms with van der Waals surface area (Å²) in [6.07, 6.45) is 0. The van der Waals surface area contributed by atoms with Crippen molar-refractivity contribution < 1.29 is 13.9 Å². The Morgan fingerprint density at radius 3 is 2.75 bits per heavy atom. The Labute approximate surface area is 130 Å². The van der Waals surface area contributed by atoms with E-state index in [-0.39, 0.29) is 5.91 Å². The molecular formula is C14H15IN2O3. The molecule has 6 heteroatoms. The van der Waals surface area contributed by atoms with Gasteiger partial charge >= 0.3 is 0 Å². The van der Waals surface area contributed by atoms with Crippen LogP contribution in [0.15, 0.2) is 34.7 Å². The molecule has 2 aromatic rings. The van der Waals surface area contributed by atoms with Crippen LogP contribution >= 0.6 is 22.6 Å². The number of hydrogen-bond acceptors (Lipinski definition) is 4. The highest BCUT2D eigenvalue weighted by Gasteiger charge is 2.06. The smallest absolute Gasteiger partial charge is 0.221 e. The zero-order chi connectivity index (χ0) is 14.5. The van der Waals surface area contributed by atoms with Crippen LogP contribution in [-0.2, 0) is 11.3 Å². The van der Waals surface area contributed by atoms with Crippen molar-refractivity contribution in [1.29, 1.82) is 0 Å². The number of benzene rings is 1.